The highest BCUT2D eigenvalue weighted by molar-refractivity contribution is 7.13. The normalized spacial score (nSPS) is 10.6. The van der Waals surface area contributed by atoms with Crippen molar-refractivity contribution in [3.8, 4) is 0 Å². The highest BCUT2D eigenvalue weighted by Gasteiger charge is 1.98. The summed E-state index contributed by atoms with van der Waals surface area (Å²) in [5.74, 6) is 0. The number of fused-ring (bicyclic) bond motifs is 1. The molecule has 2 rings (SSSR count). The van der Waals surface area contributed by atoms with Crippen molar-refractivity contribution in [1.82, 2.24) is 4.37 Å². The molecule has 2 N–H and O–H groups in total. The van der Waals surface area contributed by atoms with Crippen LogP contribution in [0.4, 0.5) is 5.69 Å². The minimum atomic E-state index is 0.849. The number of benzene rings is 1. The van der Waals surface area contributed by atoms with Gasteiger partial charge in [0.15, 0.2) is 0 Å². The first-order valence-corrected chi connectivity index (χ1v) is 4.15. The van der Waals surface area contributed by atoms with E-state index in [0.717, 1.165) is 16.0 Å². The minimum Gasteiger partial charge on any atom is -0.398 e. The van der Waals surface area contributed by atoms with Gasteiger partial charge in [-0.05, 0) is 36.2 Å². The van der Waals surface area contributed by atoms with Crippen LogP contribution >= 0.6 is 11.5 Å². The fraction of sp³-hybridized carbons (Fsp3) is 0.125. The molecule has 0 fully saturated rings. The molecular weight excluding hydrogens is 156 g/mol. The fourth-order valence-corrected chi connectivity index (χ4v) is 1.72. The van der Waals surface area contributed by atoms with Gasteiger partial charge >= 0.3 is 0 Å². The van der Waals surface area contributed by atoms with Crippen LogP contribution in [0.2, 0.25) is 0 Å². The zero-order chi connectivity index (χ0) is 7.84. The molecule has 0 radical (unpaired) electrons. The molecule has 56 valence electrons. The van der Waals surface area contributed by atoms with Gasteiger partial charge < -0.3 is 5.73 Å². The van der Waals surface area contributed by atoms with Crippen molar-refractivity contribution in [3.05, 3.63) is 23.9 Å². The number of rotatable bonds is 0. The van der Waals surface area contributed by atoms with Crippen LogP contribution in [0.3, 0.4) is 0 Å². The van der Waals surface area contributed by atoms with E-state index >= 15 is 0 Å². The molecule has 1 aromatic heterocycles. The standard InChI is InChI=1S/C8H8N2S/c1-5-2-6-4-10-11-8(6)3-7(5)9/h2-4H,9H2,1H3. The van der Waals surface area contributed by atoms with Crippen LogP contribution < -0.4 is 5.73 Å². The van der Waals surface area contributed by atoms with Gasteiger partial charge in [0, 0.05) is 17.3 Å². The van der Waals surface area contributed by atoms with Gasteiger partial charge in [-0.15, -0.1) is 0 Å². The average Bonchev–Trinajstić information content (AvgIpc) is 2.36. The zero-order valence-corrected chi connectivity index (χ0v) is 6.98. The fourth-order valence-electron chi connectivity index (χ4n) is 1.05. The summed E-state index contributed by atoms with van der Waals surface area (Å²) in [6, 6.07) is 4.04. The van der Waals surface area contributed by atoms with E-state index in [1.807, 2.05) is 19.2 Å². The van der Waals surface area contributed by atoms with Gasteiger partial charge in [0.05, 0.1) is 4.70 Å². The van der Waals surface area contributed by atoms with Crippen molar-refractivity contribution in [3.63, 3.8) is 0 Å². The first kappa shape index (κ1) is 6.61. The monoisotopic (exact) mass is 164 g/mol. The van der Waals surface area contributed by atoms with E-state index in [9.17, 15) is 0 Å². The maximum Gasteiger partial charge on any atom is 0.0570 e. The number of nitrogens with zero attached hydrogens (tertiary/aromatic N) is 1. The highest BCUT2D eigenvalue weighted by Crippen LogP contribution is 2.23. The first-order valence-electron chi connectivity index (χ1n) is 3.38. The van der Waals surface area contributed by atoms with Gasteiger partial charge in [-0.3, -0.25) is 0 Å². The molecule has 2 nitrogen and oxygen atoms in total. The van der Waals surface area contributed by atoms with E-state index in [1.54, 1.807) is 0 Å². The Morgan fingerprint density at radius 1 is 1.45 bits per heavy atom. The summed E-state index contributed by atoms with van der Waals surface area (Å²) in [5.41, 5.74) is 7.70. The lowest BCUT2D eigenvalue weighted by atomic mass is 10.1. The van der Waals surface area contributed by atoms with Crippen molar-refractivity contribution in [2.45, 2.75) is 6.92 Å². The van der Waals surface area contributed by atoms with Crippen molar-refractivity contribution in [1.29, 1.82) is 0 Å². The van der Waals surface area contributed by atoms with Crippen molar-refractivity contribution >= 4 is 27.3 Å². The summed E-state index contributed by atoms with van der Waals surface area (Å²) in [7, 11) is 0. The van der Waals surface area contributed by atoms with Crippen LogP contribution in [0.5, 0.6) is 0 Å². The van der Waals surface area contributed by atoms with Crippen LogP contribution in [-0.4, -0.2) is 4.37 Å². The summed E-state index contributed by atoms with van der Waals surface area (Å²) < 4.78 is 5.23. The second kappa shape index (κ2) is 2.20. The smallest absolute Gasteiger partial charge is 0.0570 e. The van der Waals surface area contributed by atoms with Crippen molar-refractivity contribution < 1.29 is 0 Å². The van der Waals surface area contributed by atoms with Crippen molar-refractivity contribution in [2.75, 3.05) is 5.73 Å². The topological polar surface area (TPSA) is 38.9 Å². The highest BCUT2D eigenvalue weighted by atomic mass is 32.1. The molecule has 0 aliphatic carbocycles. The lowest BCUT2D eigenvalue weighted by molar-refractivity contribution is 1.50. The predicted molar refractivity (Wildman–Crippen MR) is 48.8 cm³/mol. The summed E-state index contributed by atoms with van der Waals surface area (Å²) in [6.07, 6.45) is 1.87. The quantitative estimate of drug-likeness (QED) is 0.606. The third kappa shape index (κ3) is 0.973. The third-order valence-corrected chi connectivity index (χ3v) is 2.50. The molecule has 0 unspecified atom stereocenters. The Labute approximate surface area is 68.8 Å². The molecule has 1 heterocycles. The molecule has 0 aliphatic rings. The Morgan fingerprint density at radius 3 is 3.09 bits per heavy atom. The van der Waals surface area contributed by atoms with Crippen molar-refractivity contribution in [2.24, 2.45) is 0 Å². The van der Waals surface area contributed by atoms with Crippen LogP contribution in [0.1, 0.15) is 5.56 Å². The molecule has 0 bridgehead atoms. The molecule has 0 saturated carbocycles. The number of hydrogen-bond acceptors (Lipinski definition) is 3. The molecule has 3 heteroatoms. The first-order chi connectivity index (χ1) is 5.27. The second-order valence-corrected chi connectivity index (χ2v) is 3.41. The third-order valence-electron chi connectivity index (χ3n) is 1.74. The van der Waals surface area contributed by atoms with Gasteiger partial charge in [0.25, 0.3) is 0 Å². The maximum absolute atomic E-state index is 5.72. The Kier molecular flexibility index (Phi) is 1.32. The van der Waals surface area contributed by atoms with E-state index in [2.05, 4.69) is 10.4 Å². The largest absolute Gasteiger partial charge is 0.398 e. The maximum atomic E-state index is 5.72. The summed E-state index contributed by atoms with van der Waals surface area (Å²) in [6.45, 7) is 2.01. The summed E-state index contributed by atoms with van der Waals surface area (Å²) >= 11 is 1.48. The molecule has 0 aliphatic heterocycles. The van der Waals surface area contributed by atoms with Gasteiger partial charge in [-0.1, -0.05) is 0 Å². The Morgan fingerprint density at radius 2 is 2.27 bits per heavy atom. The van der Waals surface area contributed by atoms with Crippen LogP contribution in [0.25, 0.3) is 10.1 Å². The number of anilines is 1. The number of nitrogens with two attached hydrogens (primary N) is 1. The van der Waals surface area contributed by atoms with E-state index < -0.39 is 0 Å². The molecule has 1 aromatic carbocycles. The van der Waals surface area contributed by atoms with Crippen LogP contribution in [0.15, 0.2) is 18.3 Å². The average molecular weight is 164 g/mol. The zero-order valence-electron chi connectivity index (χ0n) is 6.16. The summed E-state index contributed by atoms with van der Waals surface area (Å²) in [5, 5.41) is 1.18. The Hall–Kier alpha value is -1.09. The minimum absolute atomic E-state index is 0.849. The van der Waals surface area contributed by atoms with E-state index in [4.69, 9.17) is 5.73 Å². The van der Waals surface area contributed by atoms with E-state index in [-0.39, 0.29) is 0 Å². The molecule has 11 heavy (non-hydrogen) atoms. The van der Waals surface area contributed by atoms with Crippen LogP contribution in [0, 0.1) is 6.92 Å². The molecule has 2 aromatic rings. The Balaban J connectivity index is 2.86. The lowest BCUT2D eigenvalue weighted by Gasteiger charge is -1.97. The molecular formula is C8H8N2S. The number of aryl methyl sites for hydroxylation is 1. The second-order valence-electron chi connectivity index (χ2n) is 2.57. The molecule has 0 atom stereocenters. The Bertz CT molecular complexity index is 356. The van der Waals surface area contributed by atoms with Gasteiger partial charge in [0.2, 0.25) is 0 Å². The summed E-state index contributed by atoms with van der Waals surface area (Å²) in [4.78, 5) is 0. The number of nitrogen functional groups attached to an aromatic ring is 1. The number of hydrogen-bond donors (Lipinski definition) is 1. The van der Waals surface area contributed by atoms with Crippen LogP contribution in [-0.2, 0) is 0 Å². The molecule has 0 spiro atoms. The number of aromatic nitrogens is 1. The van der Waals surface area contributed by atoms with Gasteiger partial charge in [-0.2, -0.15) is 4.37 Å². The van der Waals surface area contributed by atoms with Gasteiger partial charge in [-0.25, -0.2) is 0 Å². The van der Waals surface area contributed by atoms with E-state index in [0.29, 0.717) is 0 Å². The van der Waals surface area contributed by atoms with E-state index in [1.165, 1.54) is 16.9 Å². The SMILES string of the molecule is Cc1cc2cnsc2cc1N. The van der Waals surface area contributed by atoms with Gasteiger partial charge in [0.1, 0.15) is 0 Å². The predicted octanol–water partition coefficient (Wildman–Crippen LogP) is 2.19. The molecule has 0 saturated heterocycles. The molecule has 0 amide bonds. The lowest BCUT2D eigenvalue weighted by Crippen LogP contribution is -1.87.